The van der Waals surface area contributed by atoms with Crippen molar-refractivity contribution in [1.29, 1.82) is 0 Å². The highest BCUT2D eigenvalue weighted by atomic mass is 32.2. The number of amides is 1. The molecular formula is C11H21NO4S. The first-order valence-corrected chi connectivity index (χ1v) is 6.65. The number of carbonyl (C=O) groups is 2. The Morgan fingerprint density at radius 1 is 1.35 bits per heavy atom. The van der Waals surface area contributed by atoms with Crippen LogP contribution in [0.5, 0.6) is 0 Å². The van der Waals surface area contributed by atoms with Gasteiger partial charge in [-0.25, -0.2) is 9.59 Å². The van der Waals surface area contributed by atoms with Crippen molar-refractivity contribution < 1.29 is 19.1 Å². The maximum atomic E-state index is 11.8. The molecule has 0 heterocycles. The van der Waals surface area contributed by atoms with E-state index in [2.05, 4.69) is 4.74 Å². The van der Waals surface area contributed by atoms with Crippen molar-refractivity contribution in [2.45, 2.75) is 32.4 Å². The normalized spacial score (nSPS) is 12.8. The Bertz CT molecular complexity index is 275. The lowest BCUT2D eigenvalue weighted by Crippen LogP contribution is -2.46. The average Bonchev–Trinajstić information content (AvgIpc) is 2.21. The van der Waals surface area contributed by atoms with Gasteiger partial charge in [0.05, 0.1) is 7.11 Å². The van der Waals surface area contributed by atoms with Crippen LogP contribution in [0.3, 0.4) is 0 Å². The molecule has 0 aliphatic heterocycles. The predicted octanol–water partition coefficient (Wildman–Crippen LogP) is 1.76. The monoisotopic (exact) mass is 263 g/mol. The molecule has 0 aliphatic carbocycles. The molecule has 0 bridgehead atoms. The van der Waals surface area contributed by atoms with E-state index in [0.29, 0.717) is 5.75 Å². The van der Waals surface area contributed by atoms with Crippen LogP contribution in [-0.2, 0) is 14.3 Å². The molecule has 0 aromatic rings. The fraction of sp³-hybridized carbons (Fsp3) is 0.818. The van der Waals surface area contributed by atoms with Gasteiger partial charge in [0.1, 0.15) is 11.6 Å². The molecule has 6 heteroatoms. The van der Waals surface area contributed by atoms with Crippen LogP contribution in [0.1, 0.15) is 20.8 Å². The minimum atomic E-state index is -0.621. The van der Waals surface area contributed by atoms with Crippen LogP contribution in [0.2, 0.25) is 0 Å². The van der Waals surface area contributed by atoms with Gasteiger partial charge in [0.15, 0.2) is 0 Å². The van der Waals surface area contributed by atoms with Crippen molar-refractivity contribution in [3.05, 3.63) is 0 Å². The number of likely N-dealkylation sites (N-methyl/N-ethyl adjacent to an activating group) is 1. The highest BCUT2D eigenvalue weighted by molar-refractivity contribution is 7.98. The number of hydrogen-bond donors (Lipinski definition) is 0. The van der Waals surface area contributed by atoms with Gasteiger partial charge >= 0.3 is 12.1 Å². The molecule has 0 fully saturated rings. The van der Waals surface area contributed by atoms with Crippen molar-refractivity contribution in [3.63, 3.8) is 0 Å². The molecule has 0 aliphatic rings. The van der Waals surface area contributed by atoms with Gasteiger partial charge in [0.2, 0.25) is 0 Å². The van der Waals surface area contributed by atoms with E-state index in [1.54, 1.807) is 20.8 Å². The van der Waals surface area contributed by atoms with Crippen molar-refractivity contribution in [1.82, 2.24) is 4.90 Å². The summed E-state index contributed by atoms with van der Waals surface area (Å²) in [6.07, 6.45) is 1.33. The molecular weight excluding hydrogens is 242 g/mol. The third-order valence-corrected chi connectivity index (χ3v) is 2.60. The van der Waals surface area contributed by atoms with E-state index < -0.39 is 23.7 Å². The summed E-state index contributed by atoms with van der Waals surface area (Å²) >= 11 is 1.47. The lowest BCUT2D eigenvalue weighted by molar-refractivity contribution is -0.145. The summed E-state index contributed by atoms with van der Waals surface area (Å²) in [4.78, 5) is 24.6. The van der Waals surface area contributed by atoms with Crippen LogP contribution in [0, 0.1) is 0 Å². The number of methoxy groups -OCH3 is 1. The zero-order valence-electron chi connectivity index (χ0n) is 11.3. The third-order valence-electron chi connectivity index (χ3n) is 1.95. The summed E-state index contributed by atoms with van der Waals surface area (Å²) in [5, 5.41) is 0. The van der Waals surface area contributed by atoms with Crippen LogP contribution in [0.25, 0.3) is 0 Å². The molecule has 1 unspecified atom stereocenters. The van der Waals surface area contributed by atoms with E-state index in [4.69, 9.17) is 4.74 Å². The molecule has 0 spiro atoms. The smallest absolute Gasteiger partial charge is 0.410 e. The molecule has 100 valence electrons. The molecule has 0 N–H and O–H groups in total. The second kappa shape index (κ2) is 6.74. The molecule has 1 amide bonds. The van der Waals surface area contributed by atoms with E-state index >= 15 is 0 Å². The Hall–Kier alpha value is -0.910. The highest BCUT2D eigenvalue weighted by Crippen LogP contribution is 2.13. The molecule has 0 radical (unpaired) electrons. The summed E-state index contributed by atoms with van der Waals surface area (Å²) in [5.41, 5.74) is -0.578. The molecule has 0 aromatic heterocycles. The lowest BCUT2D eigenvalue weighted by Gasteiger charge is -2.28. The maximum absolute atomic E-state index is 11.8. The molecule has 17 heavy (non-hydrogen) atoms. The van der Waals surface area contributed by atoms with Crippen LogP contribution < -0.4 is 0 Å². The summed E-state index contributed by atoms with van der Waals surface area (Å²) in [7, 11) is 2.84. The van der Waals surface area contributed by atoms with E-state index in [1.165, 1.54) is 30.8 Å². The van der Waals surface area contributed by atoms with Crippen LogP contribution in [0.4, 0.5) is 4.79 Å². The largest absolute Gasteiger partial charge is 0.467 e. The minimum Gasteiger partial charge on any atom is -0.467 e. The van der Waals surface area contributed by atoms with Gasteiger partial charge in [0, 0.05) is 12.8 Å². The molecule has 0 rings (SSSR count). The summed E-state index contributed by atoms with van der Waals surface area (Å²) in [6.45, 7) is 5.33. The zero-order chi connectivity index (χ0) is 13.6. The van der Waals surface area contributed by atoms with Gasteiger partial charge in [-0.3, -0.25) is 4.90 Å². The number of rotatable bonds is 4. The van der Waals surface area contributed by atoms with Crippen molar-refractivity contribution >= 4 is 23.8 Å². The number of thioether (sulfide) groups is 1. The van der Waals surface area contributed by atoms with E-state index in [9.17, 15) is 9.59 Å². The Labute approximate surface area is 107 Å². The molecule has 0 saturated heterocycles. The van der Waals surface area contributed by atoms with E-state index in [0.717, 1.165) is 0 Å². The second-order valence-corrected chi connectivity index (χ2v) is 5.50. The van der Waals surface area contributed by atoms with Gasteiger partial charge in [-0.15, -0.1) is 0 Å². The Balaban J connectivity index is 4.66. The average molecular weight is 263 g/mol. The van der Waals surface area contributed by atoms with Crippen LogP contribution in [-0.4, -0.2) is 54.8 Å². The number of hydrogen-bond acceptors (Lipinski definition) is 5. The topological polar surface area (TPSA) is 55.8 Å². The van der Waals surface area contributed by atoms with Gasteiger partial charge < -0.3 is 9.47 Å². The first kappa shape index (κ1) is 16.1. The lowest BCUT2D eigenvalue weighted by atomic mass is 10.2. The zero-order valence-corrected chi connectivity index (χ0v) is 12.1. The SMILES string of the molecule is COC(=O)C(CSC)N(C)C(=O)OC(C)(C)C. The fourth-order valence-electron chi connectivity index (χ4n) is 1.09. The van der Waals surface area contributed by atoms with Gasteiger partial charge in [0.25, 0.3) is 0 Å². The van der Waals surface area contributed by atoms with Crippen molar-refractivity contribution in [2.75, 3.05) is 26.2 Å². The summed E-state index contributed by atoms with van der Waals surface area (Å²) in [6, 6.07) is -0.621. The number of ether oxygens (including phenoxy) is 2. The van der Waals surface area contributed by atoms with Gasteiger partial charge in [-0.2, -0.15) is 11.8 Å². The maximum Gasteiger partial charge on any atom is 0.410 e. The third kappa shape index (κ3) is 5.81. The van der Waals surface area contributed by atoms with Crippen LogP contribution in [0.15, 0.2) is 0 Å². The first-order valence-electron chi connectivity index (χ1n) is 5.25. The number of carbonyl (C=O) groups excluding carboxylic acids is 2. The predicted molar refractivity (Wildman–Crippen MR) is 68.2 cm³/mol. The molecule has 5 nitrogen and oxygen atoms in total. The standard InChI is InChI=1S/C11H21NO4S/c1-11(2,3)16-10(14)12(4)8(7-17-6)9(13)15-5/h8H,7H2,1-6H3. The minimum absolute atomic E-state index is 0.437. The molecule has 0 saturated carbocycles. The summed E-state index contributed by atoms with van der Waals surface area (Å²) in [5.74, 6) is 0.0373. The van der Waals surface area contributed by atoms with Gasteiger partial charge in [-0.05, 0) is 27.0 Å². The quantitative estimate of drug-likeness (QED) is 0.723. The number of nitrogens with zero attached hydrogens (tertiary/aromatic N) is 1. The Morgan fingerprint density at radius 3 is 2.24 bits per heavy atom. The summed E-state index contributed by atoms with van der Waals surface area (Å²) < 4.78 is 9.86. The van der Waals surface area contributed by atoms with Crippen LogP contribution >= 0.6 is 11.8 Å². The Morgan fingerprint density at radius 2 is 1.88 bits per heavy atom. The molecule has 0 aromatic carbocycles. The van der Waals surface area contributed by atoms with Crippen molar-refractivity contribution in [2.24, 2.45) is 0 Å². The Kier molecular flexibility index (Phi) is 6.37. The van der Waals surface area contributed by atoms with E-state index in [-0.39, 0.29) is 0 Å². The van der Waals surface area contributed by atoms with Crippen molar-refractivity contribution in [3.8, 4) is 0 Å². The second-order valence-electron chi connectivity index (χ2n) is 4.59. The van der Waals surface area contributed by atoms with Gasteiger partial charge in [-0.1, -0.05) is 0 Å². The molecule has 1 atom stereocenters. The van der Waals surface area contributed by atoms with E-state index in [1.807, 2.05) is 6.26 Å². The fourth-order valence-corrected chi connectivity index (χ4v) is 1.77. The number of esters is 1. The first-order chi connectivity index (χ1) is 7.72. The highest BCUT2D eigenvalue weighted by Gasteiger charge is 2.30.